The summed E-state index contributed by atoms with van der Waals surface area (Å²) in [6, 6.07) is 8.78. The lowest BCUT2D eigenvalue weighted by atomic mass is 9.83. The normalized spacial score (nSPS) is 24.1. The van der Waals surface area contributed by atoms with E-state index in [1.807, 2.05) is 0 Å². The van der Waals surface area contributed by atoms with Crippen LogP contribution in [0.15, 0.2) is 36.7 Å². The minimum Gasteiger partial charge on any atom is -0.326 e. The second kappa shape index (κ2) is 7.22. The van der Waals surface area contributed by atoms with Gasteiger partial charge in [-0.1, -0.05) is 0 Å². The van der Waals surface area contributed by atoms with Crippen LogP contribution in [-0.2, 0) is 4.79 Å². The van der Waals surface area contributed by atoms with E-state index in [1.165, 1.54) is 12.3 Å². The Labute approximate surface area is 182 Å². The second-order valence-electron chi connectivity index (χ2n) is 8.54. The first-order chi connectivity index (χ1) is 15.3. The number of halogens is 2. The highest BCUT2D eigenvalue weighted by atomic mass is 19.3. The maximum atomic E-state index is 13.0. The van der Waals surface area contributed by atoms with Crippen molar-refractivity contribution in [2.75, 3.05) is 29.9 Å². The summed E-state index contributed by atoms with van der Waals surface area (Å²) in [5.74, 6) is -2.44. The predicted molar refractivity (Wildman–Crippen MR) is 110 cm³/mol. The predicted octanol–water partition coefficient (Wildman–Crippen LogP) is 2.97. The van der Waals surface area contributed by atoms with Gasteiger partial charge in [-0.25, -0.2) is 18.7 Å². The zero-order chi connectivity index (χ0) is 22.5. The van der Waals surface area contributed by atoms with E-state index in [0.29, 0.717) is 30.3 Å². The fourth-order valence-corrected chi connectivity index (χ4v) is 4.35. The molecule has 1 saturated carbocycles. The van der Waals surface area contributed by atoms with Crippen molar-refractivity contribution in [2.24, 2.45) is 11.3 Å². The molecular weight excluding hydrogens is 418 g/mol. The monoisotopic (exact) mass is 438 g/mol. The number of carbonyl (C=O) groups is 2. The van der Waals surface area contributed by atoms with E-state index in [9.17, 15) is 23.6 Å². The van der Waals surface area contributed by atoms with Gasteiger partial charge in [0.1, 0.15) is 17.1 Å². The third kappa shape index (κ3) is 3.43. The Hall–Kier alpha value is -3.61. The number of carbonyl (C=O) groups excluding carboxylic acids is 2. The molecule has 0 bridgehead atoms. The molecule has 10 heteroatoms. The average Bonchev–Trinajstić information content (AvgIpc) is 3.56. The lowest BCUT2D eigenvalue weighted by Gasteiger charge is -2.38. The molecule has 1 N–H and O–H groups in total. The van der Waals surface area contributed by atoms with Crippen molar-refractivity contribution >= 4 is 29.1 Å². The molecule has 0 aromatic carbocycles. The number of nitrogens with one attached hydrogen (secondary N) is 1. The van der Waals surface area contributed by atoms with Crippen molar-refractivity contribution in [1.29, 1.82) is 5.26 Å². The van der Waals surface area contributed by atoms with Crippen LogP contribution in [0.1, 0.15) is 29.6 Å². The highest BCUT2D eigenvalue weighted by molar-refractivity contribution is 6.02. The Balaban J connectivity index is 1.27. The van der Waals surface area contributed by atoms with Crippen LogP contribution < -0.4 is 10.2 Å². The summed E-state index contributed by atoms with van der Waals surface area (Å²) in [6.45, 7) is -0.672. The molecule has 3 fully saturated rings. The van der Waals surface area contributed by atoms with Crippen LogP contribution in [0.4, 0.5) is 26.1 Å². The molecule has 32 heavy (non-hydrogen) atoms. The molecule has 4 heterocycles. The molecule has 0 radical (unpaired) electrons. The SMILES string of the molecule is N#C[C@@]1(C2CC2)CCN(c2ccnc(Nc3ccc(C(=O)N4CC(F)(F)C4)cn3)c2)C1=O. The molecular formula is C22H20F2N6O2. The maximum absolute atomic E-state index is 13.0. The number of nitriles is 1. The minimum atomic E-state index is -2.82. The highest BCUT2D eigenvalue weighted by Gasteiger charge is 2.56. The fourth-order valence-electron chi connectivity index (χ4n) is 4.35. The van der Waals surface area contributed by atoms with Gasteiger partial charge in [-0.05, 0) is 43.4 Å². The average molecular weight is 438 g/mol. The Morgan fingerprint density at radius 3 is 2.59 bits per heavy atom. The number of likely N-dealkylation sites (tertiary alicyclic amines) is 1. The Morgan fingerprint density at radius 1 is 1.19 bits per heavy atom. The molecule has 1 atom stereocenters. The molecule has 8 nitrogen and oxygen atoms in total. The van der Waals surface area contributed by atoms with Crippen LogP contribution in [0, 0.1) is 22.7 Å². The molecule has 0 unspecified atom stereocenters. The van der Waals surface area contributed by atoms with Gasteiger partial charge in [-0.3, -0.25) is 9.59 Å². The zero-order valence-corrected chi connectivity index (χ0v) is 17.1. The molecule has 1 aliphatic carbocycles. The van der Waals surface area contributed by atoms with E-state index >= 15 is 0 Å². The number of nitrogens with zero attached hydrogens (tertiary/aromatic N) is 5. The van der Waals surface area contributed by atoms with Gasteiger partial charge < -0.3 is 15.1 Å². The van der Waals surface area contributed by atoms with E-state index < -0.39 is 30.3 Å². The van der Waals surface area contributed by atoms with E-state index in [0.717, 1.165) is 17.7 Å². The van der Waals surface area contributed by atoms with Gasteiger partial charge in [0.25, 0.3) is 11.8 Å². The summed E-state index contributed by atoms with van der Waals surface area (Å²) < 4.78 is 26.0. The zero-order valence-electron chi connectivity index (χ0n) is 17.1. The van der Waals surface area contributed by atoms with Gasteiger partial charge in [0.2, 0.25) is 5.91 Å². The number of alkyl halides is 2. The van der Waals surface area contributed by atoms with Crippen molar-refractivity contribution in [3.05, 3.63) is 42.2 Å². The molecule has 2 saturated heterocycles. The number of rotatable bonds is 5. The van der Waals surface area contributed by atoms with Gasteiger partial charge >= 0.3 is 0 Å². The van der Waals surface area contributed by atoms with Gasteiger partial charge in [0.05, 0.1) is 24.7 Å². The first-order valence-electron chi connectivity index (χ1n) is 10.4. The second-order valence-corrected chi connectivity index (χ2v) is 8.54. The van der Waals surface area contributed by atoms with Crippen molar-refractivity contribution in [3.8, 4) is 6.07 Å². The molecule has 5 rings (SSSR count). The Bertz CT molecular complexity index is 1120. The maximum Gasteiger partial charge on any atom is 0.282 e. The first-order valence-corrected chi connectivity index (χ1v) is 10.4. The van der Waals surface area contributed by atoms with Crippen LogP contribution in [0.3, 0.4) is 0 Å². The summed E-state index contributed by atoms with van der Waals surface area (Å²) in [5.41, 5.74) is -0.0413. The molecule has 2 amide bonds. The molecule has 0 spiro atoms. The van der Waals surface area contributed by atoms with Gasteiger partial charge in [0, 0.05) is 30.7 Å². The van der Waals surface area contributed by atoms with Gasteiger partial charge in [-0.15, -0.1) is 0 Å². The number of hydrogen-bond donors (Lipinski definition) is 1. The van der Waals surface area contributed by atoms with Crippen LogP contribution in [0.25, 0.3) is 0 Å². The lowest BCUT2D eigenvalue weighted by Crippen LogP contribution is -2.58. The third-order valence-corrected chi connectivity index (χ3v) is 6.28. The molecule has 2 aliphatic heterocycles. The van der Waals surface area contributed by atoms with Crippen LogP contribution in [0.5, 0.6) is 0 Å². The molecule has 3 aliphatic rings. The van der Waals surface area contributed by atoms with E-state index in [-0.39, 0.29) is 17.4 Å². The molecule has 2 aromatic heterocycles. The van der Waals surface area contributed by atoms with Crippen molar-refractivity contribution in [3.63, 3.8) is 0 Å². The fraction of sp³-hybridized carbons (Fsp3) is 0.409. The summed E-state index contributed by atoms with van der Waals surface area (Å²) in [7, 11) is 0. The Morgan fingerprint density at radius 2 is 1.97 bits per heavy atom. The van der Waals surface area contributed by atoms with E-state index in [2.05, 4.69) is 21.4 Å². The first kappa shape index (κ1) is 20.3. The summed E-state index contributed by atoms with van der Waals surface area (Å²) in [5, 5.41) is 12.7. The van der Waals surface area contributed by atoms with Gasteiger partial charge in [0.15, 0.2) is 0 Å². The third-order valence-electron chi connectivity index (χ3n) is 6.28. The number of hydrogen-bond acceptors (Lipinski definition) is 6. The van der Waals surface area contributed by atoms with Crippen LogP contribution in [-0.4, -0.2) is 52.2 Å². The van der Waals surface area contributed by atoms with Gasteiger partial charge in [-0.2, -0.15) is 5.26 Å². The smallest absolute Gasteiger partial charge is 0.282 e. The van der Waals surface area contributed by atoms with Crippen molar-refractivity contribution < 1.29 is 18.4 Å². The standard InChI is InChI=1S/C22H20F2N6O2/c23-22(24)12-29(13-22)19(31)14-1-4-17(27-10-14)28-18-9-16(5-7-26-18)30-8-6-21(11-25,20(30)32)15-2-3-15/h1,4-5,7,9-10,15H,2-3,6,8,12-13H2,(H,26,27,28)/t21-/m1/s1. The van der Waals surface area contributed by atoms with Crippen LogP contribution in [0.2, 0.25) is 0 Å². The minimum absolute atomic E-state index is 0.150. The summed E-state index contributed by atoms with van der Waals surface area (Å²) in [4.78, 5) is 36.3. The molecule has 2 aromatic rings. The van der Waals surface area contributed by atoms with Crippen LogP contribution >= 0.6 is 0 Å². The quantitative estimate of drug-likeness (QED) is 0.770. The largest absolute Gasteiger partial charge is 0.326 e. The number of aromatic nitrogens is 2. The topological polar surface area (TPSA) is 102 Å². The lowest BCUT2D eigenvalue weighted by molar-refractivity contribution is -0.123. The Kier molecular flexibility index (Phi) is 4.58. The summed E-state index contributed by atoms with van der Waals surface area (Å²) in [6.07, 6.45) is 5.25. The summed E-state index contributed by atoms with van der Waals surface area (Å²) >= 11 is 0. The highest BCUT2D eigenvalue weighted by Crippen LogP contribution is 2.51. The van der Waals surface area contributed by atoms with Crippen molar-refractivity contribution in [1.82, 2.24) is 14.9 Å². The number of amides is 2. The van der Waals surface area contributed by atoms with E-state index in [1.54, 1.807) is 29.3 Å². The van der Waals surface area contributed by atoms with E-state index in [4.69, 9.17) is 0 Å². The molecule has 164 valence electrons. The van der Waals surface area contributed by atoms with Crippen molar-refractivity contribution in [2.45, 2.75) is 25.2 Å². The number of pyridine rings is 2. The number of anilines is 3.